The molecule has 0 fully saturated rings. The van der Waals surface area contributed by atoms with E-state index in [0.29, 0.717) is 18.2 Å². The molecule has 0 atom stereocenters. The second-order valence-electron chi connectivity index (χ2n) is 9.19. The molecule has 6 nitrogen and oxygen atoms in total. The molecule has 0 radical (unpaired) electrons. The topological polar surface area (TPSA) is 64.2 Å². The van der Waals surface area contributed by atoms with Crippen molar-refractivity contribution in [2.24, 2.45) is 0 Å². The summed E-state index contributed by atoms with van der Waals surface area (Å²) in [5.41, 5.74) is 2.85. The van der Waals surface area contributed by atoms with Gasteiger partial charge in [0.2, 0.25) is 5.91 Å². The lowest BCUT2D eigenvalue weighted by molar-refractivity contribution is -0.133. The monoisotopic (exact) mass is 474 g/mol. The van der Waals surface area contributed by atoms with Crippen molar-refractivity contribution in [2.75, 3.05) is 5.75 Å². The van der Waals surface area contributed by atoms with E-state index in [9.17, 15) is 4.79 Å². The van der Waals surface area contributed by atoms with Crippen molar-refractivity contribution in [3.8, 4) is 11.4 Å². The highest BCUT2D eigenvalue weighted by atomic mass is 32.2. The normalized spacial score (nSPS) is 11.5. The zero-order valence-electron chi connectivity index (χ0n) is 20.1. The van der Waals surface area contributed by atoms with Crippen LogP contribution in [-0.2, 0) is 17.9 Å². The van der Waals surface area contributed by atoms with Gasteiger partial charge < -0.3 is 9.32 Å². The molecular formula is C27H30N4O2S. The lowest BCUT2D eigenvalue weighted by Gasteiger charge is -2.36. The maximum atomic E-state index is 13.4. The van der Waals surface area contributed by atoms with Gasteiger partial charge in [-0.05, 0) is 44.9 Å². The van der Waals surface area contributed by atoms with Gasteiger partial charge in [0.05, 0.1) is 24.1 Å². The molecule has 34 heavy (non-hydrogen) atoms. The van der Waals surface area contributed by atoms with Crippen LogP contribution in [-0.4, -0.2) is 36.9 Å². The maximum Gasteiger partial charge on any atom is 0.233 e. The quantitative estimate of drug-likeness (QED) is 0.301. The summed E-state index contributed by atoms with van der Waals surface area (Å²) in [7, 11) is 0. The zero-order valence-corrected chi connectivity index (χ0v) is 20.9. The summed E-state index contributed by atoms with van der Waals surface area (Å²) >= 11 is 1.42. The number of aryl methyl sites for hydroxylation is 1. The third kappa shape index (κ3) is 5.59. The number of furan rings is 1. The van der Waals surface area contributed by atoms with Gasteiger partial charge in [-0.3, -0.25) is 9.36 Å². The predicted molar refractivity (Wildman–Crippen MR) is 135 cm³/mol. The molecule has 7 heteroatoms. The highest BCUT2D eigenvalue weighted by Crippen LogP contribution is 2.29. The number of aromatic nitrogens is 3. The van der Waals surface area contributed by atoms with Crippen molar-refractivity contribution in [3.63, 3.8) is 0 Å². The average molecular weight is 475 g/mol. The van der Waals surface area contributed by atoms with Crippen LogP contribution in [0.5, 0.6) is 0 Å². The summed E-state index contributed by atoms with van der Waals surface area (Å²) in [5.74, 6) is 1.87. The summed E-state index contributed by atoms with van der Waals surface area (Å²) in [6.07, 6.45) is 1.66. The molecule has 0 spiro atoms. The van der Waals surface area contributed by atoms with Gasteiger partial charge in [-0.1, -0.05) is 72.4 Å². The van der Waals surface area contributed by atoms with Crippen LogP contribution in [0.2, 0.25) is 0 Å². The molecule has 0 saturated heterocycles. The number of carbonyl (C=O) groups is 1. The Kier molecular flexibility index (Phi) is 7.22. The Morgan fingerprint density at radius 2 is 1.62 bits per heavy atom. The third-order valence-electron chi connectivity index (χ3n) is 5.62. The second-order valence-corrected chi connectivity index (χ2v) is 10.1. The fourth-order valence-corrected chi connectivity index (χ4v) is 4.60. The van der Waals surface area contributed by atoms with Crippen molar-refractivity contribution in [1.82, 2.24) is 19.7 Å². The smallest absolute Gasteiger partial charge is 0.233 e. The van der Waals surface area contributed by atoms with Gasteiger partial charge in [0.25, 0.3) is 0 Å². The molecule has 0 unspecified atom stereocenters. The van der Waals surface area contributed by atoms with Crippen LogP contribution in [0.25, 0.3) is 11.4 Å². The lowest BCUT2D eigenvalue weighted by Crippen LogP contribution is -2.45. The second kappa shape index (κ2) is 10.3. The number of carbonyl (C=O) groups excluding carboxylic acids is 1. The lowest BCUT2D eigenvalue weighted by atomic mass is 10.0. The van der Waals surface area contributed by atoms with Gasteiger partial charge in [0.15, 0.2) is 11.0 Å². The molecule has 4 aromatic rings. The number of benzene rings is 2. The van der Waals surface area contributed by atoms with Crippen LogP contribution in [0.4, 0.5) is 0 Å². The van der Waals surface area contributed by atoms with E-state index < -0.39 is 0 Å². The molecule has 0 aliphatic rings. The van der Waals surface area contributed by atoms with Crippen LogP contribution >= 0.6 is 11.8 Å². The van der Waals surface area contributed by atoms with E-state index >= 15 is 0 Å². The Balaban J connectivity index is 1.57. The summed E-state index contributed by atoms with van der Waals surface area (Å²) < 4.78 is 7.57. The molecule has 0 N–H and O–H groups in total. The molecule has 0 saturated carbocycles. The number of thioether (sulfide) groups is 1. The van der Waals surface area contributed by atoms with Crippen LogP contribution < -0.4 is 0 Å². The third-order valence-corrected chi connectivity index (χ3v) is 6.57. The Hall–Kier alpha value is -3.32. The first-order valence-corrected chi connectivity index (χ1v) is 12.3. The van der Waals surface area contributed by atoms with E-state index in [1.165, 1.54) is 11.8 Å². The fraction of sp³-hybridized carbons (Fsp3) is 0.296. The summed E-state index contributed by atoms with van der Waals surface area (Å²) in [6.45, 7) is 9.29. The fourth-order valence-electron chi connectivity index (χ4n) is 3.79. The van der Waals surface area contributed by atoms with Gasteiger partial charge >= 0.3 is 0 Å². The first-order valence-electron chi connectivity index (χ1n) is 11.3. The minimum Gasteiger partial charge on any atom is -0.469 e. The van der Waals surface area contributed by atoms with E-state index in [0.717, 1.165) is 28.3 Å². The van der Waals surface area contributed by atoms with Crippen LogP contribution in [0.3, 0.4) is 0 Å². The maximum absolute atomic E-state index is 13.4. The van der Waals surface area contributed by atoms with Gasteiger partial charge in [-0.2, -0.15) is 0 Å². The molecule has 0 aliphatic heterocycles. The van der Waals surface area contributed by atoms with Crippen LogP contribution in [0.15, 0.2) is 82.6 Å². The van der Waals surface area contributed by atoms with E-state index in [4.69, 9.17) is 4.42 Å². The highest BCUT2D eigenvalue weighted by molar-refractivity contribution is 7.99. The van der Waals surface area contributed by atoms with Crippen molar-refractivity contribution >= 4 is 17.7 Å². The van der Waals surface area contributed by atoms with Crippen molar-refractivity contribution in [2.45, 2.75) is 51.5 Å². The molecule has 2 aromatic carbocycles. The number of hydrogen-bond acceptors (Lipinski definition) is 5. The van der Waals surface area contributed by atoms with E-state index in [1.807, 2.05) is 54.3 Å². The SMILES string of the molecule is Cc1occc1-c1nnc(SCC(=O)N(Cc2ccccc2)C(C)(C)C)n1Cc1ccccc1. The predicted octanol–water partition coefficient (Wildman–Crippen LogP) is 5.81. The first-order chi connectivity index (χ1) is 16.3. The number of hydrogen-bond donors (Lipinski definition) is 0. The molecular weight excluding hydrogens is 444 g/mol. The van der Waals surface area contributed by atoms with E-state index in [1.54, 1.807) is 6.26 Å². The van der Waals surface area contributed by atoms with Gasteiger partial charge in [-0.25, -0.2) is 0 Å². The number of rotatable bonds is 8. The Morgan fingerprint density at radius 1 is 0.971 bits per heavy atom. The highest BCUT2D eigenvalue weighted by Gasteiger charge is 2.27. The Labute approximate surface area is 205 Å². The summed E-state index contributed by atoms with van der Waals surface area (Å²) in [6, 6.07) is 22.2. The summed E-state index contributed by atoms with van der Waals surface area (Å²) in [4.78, 5) is 15.3. The van der Waals surface area contributed by atoms with Gasteiger partial charge in [0.1, 0.15) is 5.76 Å². The Bertz CT molecular complexity index is 1230. The molecule has 0 bridgehead atoms. The Morgan fingerprint density at radius 3 is 2.21 bits per heavy atom. The number of nitrogens with zero attached hydrogens (tertiary/aromatic N) is 4. The molecule has 2 heterocycles. The number of amides is 1. The van der Waals surface area contributed by atoms with Crippen LogP contribution in [0, 0.1) is 6.92 Å². The zero-order chi connectivity index (χ0) is 24.1. The molecule has 1 amide bonds. The first kappa shape index (κ1) is 23.8. The van der Waals surface area contributed by atoms with E-state index in [-0.39, 0.29) is 17.2 Å². The summed E-state index contributed by atoms with van der Waals surface area (Å²) in [5, 5.41) is 9.62. The molecule has 2 aromatic heterocycles. The average Bonchev–Trinajstić information content (AvgIpc) is 3.42. The van der Waals surface area contributed by atoms with Crippen LogP contribution in [0.1, 0.15) is 37.7 Å². The van der Waals surface area contributed by atoms with Gasteiger partial charge in [0, 0.05) is 12.1 Å². The van der Waals surface area contributed by atoms with E-state index in [2.05, 4.69) is 59.8 Å². The molecule has 176 valence electrons. The van der Waals surface area contributed by atoms with Gasteiger partial charge in [-0.15, -0.1) is 10.2 Å². The van der Waals surface area contributed by atoms with Crippen molar-refractivity contribution < 1.29 is 9.21 Å². The molecule has 4 rings (SSSR count). The molecule has 0 aliphatic carbocycles. The largest absolute Gasteiger partial charge is 0.469 e. The van der Waals surface area contributed by atoms with Crippen molar-refractivity contribution in [3.05, 3.63) is 89.9 Å². The van der Waals surface area contributed by atoms with Crippen molar-refractivity contribution in [1.29, 1.82) is 0 Å². The minimum atomic E-state index is -0.301. The minimum absolute atomic E-state index is 0.0663. The standard InChI is InChI=1S/C27H30N4O2S/c1-20-23(15-16-33-20)25-28-29-26(30(25)17-21-11-7-5-8-12-21)34-19-24(32)31(27(2,3)4)18-22-13-9-6-10-14-22/h5-16H,17-19H2,1-4H3.